The average molecular weight is 406 g/mol. The van der Waals surface area contributed by atoms with E-state index in [0.29, 0.717) is 37.0 Å². The smallest absolute Gasteiger partial charge is 0.225 e. The molecule has 0 aromatic heterocycles. The number of amides is 1. The van der Waals surface area contributed by atoms with Gasteiger partial charge in [0, 0.05) is 38.2 Å². The van der Waals surface area contributed by atoms with Crippen molar-refractivity contribution in [2.24, 2.45) is 4.99 Å². The predicted molar refractivity (Wildman–Crippen MR) is 118 cm³/mol. The Balaban J connectivity index is 1.59. The number of fused-ring (bicyclic) bond motifs is 1. The molecule has 0 aliphatic carbocycles. The minimum Gasteiger partial charge on any atom is -0.493 e. The first-order valence-corrected chi connectivity index (χ1v) is 9.71. The number of hydrogen-bond acceptors (Lipinski definition) is 4. The van der Waals surface area contributed by atoms with Crippen molar-refractivity contribution in [1.82, 2.24) is 10.6 Å². The third-order valence-electron chi connectivity index (χ3n) is 4.85. The summed E-state index contributed by atoms with van der Waals surface area (Å²) in [6, 6.07) is 13.6. The lowest BCUT2D eigenvalue weighted by molar-refractivity contribution is -0.116. The first kappa shape index (κ1) is 21.1. The van der Waals surface area contributed by atoms with Crippen LogP contribution >= 0.6 is 0 Å². The van der Waals surface area contributed by atoms with Gasteiger partial charge in [-0.25, -0.2) is 0 Å². The Morgan fingerprint density at radius 2 is 2.10 bits per heavy atom. The summed E-state index contributed by atoms with van der Waals surface area (Å²) in [7, 11) is 3.30. The highest BCUT2D eigenvalue weighted by atomic mass is 16.5. The largest absolute Gasteiger partial charge is 0.493 e. The van der Waals surface area contributed by atoms with Gasteiger partial charge in [-0.05, 0) is 29.3 Å². The standard InChI is InChI=1S/C23H26N4O3/c1-4-11-30-21-12-16(9-10-20(21)29-3)14-25-23(24-2)26-15-17-13-22(28)27-19-8-6-5-7-18(17)19/h1,5-10,12,17H,11,13-15H2,2-3H3,(H,27,28)(H2,24,25,26). The van der Waals surface area contributed by atoms with Crippen LogP contribution < -0.4 is 25.4 Å². The number of aliphatic imine (C=N–C) groups is 1. The quantitative estimate of drug-likeness (QED) is 0.374. The van der Waals surface area contributed by atoms with E-state index in [4.69, 9.17) is 15.9 Å². The molecule has 0 bridgehead atoms. The minimum atomic E-state index is 0.0289. The maximum atomic E-state index is 12.0. The number of anilines is 1. The molecule has 3 rings (SSSR count). The van der Waals surface area contributed by atoms with Crippen LogP contribution in [-0.4, -0.2) is 39.2 Å². The van der Waals surface area contributed by atoms with Crippen LogP contribution in [0.15, 0.2) is 47.5 Å². The first-order valence-electron chi connectivity index (χ1n) is 9.71. The number of hydrogen-bond donors (Lipinski definition) is 3. The number of carbonyl (C=O) groups excluding carboxylic acids is 1. The molecule has 0 saturated carbocycles. The zero-order chi connectivity index (χ0) is 21.3. The van der Waals surface area contributed by atoms with Crippen LogP contribution in [0.25, 0.3) is 0 Å². The van der Waals surface area contributed by atoms with Gasteiger partial charge >= 0.3 is 0 Å². The molecular formula is C23H26N4O3. The highest BCUT2D eigenvalue weighted by Gasteiger charge is 2.24. The van der Waals surface area contributed by atoms with Crippen LogP contribution in [0, 0.1) is 12.3 Å². The third-order valence-corrected chi connectivity index (χ3v) is 4.85. The van der Waals surface area contributed by atoms with Crippen molar-refractivity contribution in [2.45, 2.75) is 18.9 Å². The van der Waals surface area contributed by atoms with Gasteiger partial charge in [-0.2, -0.15) is 0 Å². The van der Waals surface area contributed by atoms with Gasteiger partial charge in [-0.1, -0.05) is 30.2 Å². The van der Waals surface area contributed by atoms with Gasteiger partial charge in [0.1, 0.15) is 6.61 Å². The Bertz CT molecular complexity index is 965. The molecule has 0 saturated heterocycles. The SMILES string of the molecule is C#CCOc1cc(CNC(=NC)NCC2CC(=O)Nc3ccccc32)ccc1OC. The fourth-order valence-electron chi connectivity index (χ4n) is 3.37. The fraction of sp³-hybridized carbons (Fsp3) is 0.304. The van der Waals surface area contributed by atoms with E-state index in [1.165, 1.54) is 0 Å². The number of benzene rings is 2. The molecular weight excluding hydrogens is 380 g/mol. The van der Waals surface area contributed by atoms with Crippen molar-refractivity contribution in [1.29, 1.82) is 0 Å². The van der Waals surface area contributed by atoms with E-state index in [0.717, 1.165) is 16.8 Å². The van der Waals surface area contributed by atoms with Gasteiger partial charge in [0.2, 0.25) is 5.91 Å². The van der Waals surface area contributed by atoms with Crippen LogP contribution in [0.5, 0.6) is 11.5 Å². The average Bonchev–Trinajstić information content (AvgIpc) is 2.77. The van der Waals surface area contributed by atoms with Crippen molar-refractivity contribution >= 4 is 17.6 Å². The number of terminal acetylenes is 1. The summed E-state index contributed by atoms with van der Waals surface area (Å²) in [5.74, 6) is 4.45. The minimum absolute atomic E-state index is 0.0289. The van der Waals surface area contributed by atoms with Crippen molar-refractivity contribution in [3.05, 3.63) is 53.6 Å². The van der Waals surface area contributed by atoms with Crippen molar-refractivity contribution in [3.63, 3.8) is 0 Å². The van der Waals surface area contributed by atoms with Gasteiger partial charge < -0.3 is 25.4 Å². The van der Waals surface area contributed by atoms with E-state index >= 15 is 0 Å². The number of nitrogens with one attached hydrogen (secondary N) is 3. The van der Waals surface area contributed by atoms with Crippen molar-refractivity contribution in [3.8, 4) is 23.8 Å². The van der Waals surface area contributed by atoms with Gasteiger partial charge in [0.25, 0.3) is 0 Å². The number of rotatable bonds is 7. The number of ether oxygens (including phenoxy) is 2. The highest BCUT2D eigenvalue weighted by molar-refractivity contribution is 5.94. The molecule has 1 aliphatic heterocycles. The monoisotopic (exact) mass is 406 g/mol. The third kappa shape index (κ3) is 5.23. The molecule has 1 heterocycles. The van der Waals surface area contributed by atoms with Crippen molar-refractivity contribution < 1.29 is 14.3 Å². The molecule has 0 spiro atoms. The molecule has 156 valence electrons. The molecule has 0 fully saturated rings. The number of nitrogens with zero attached hydrogens (tertiary/aromatic N) is 1. The van der Waals surface area contributed by atoms with Crippen LogP contribution in [-0.2, 0) is 11.3 Å². The zero-order valence-corrected chi connectivity index (χ0v) is 17.2. The van der Waals surface area contributed by atoms with Gasteiger partial charge in [0.05, 0.1) is 7.11 Å². The molecule has 7 heteroatoms. The van der Waals surface area contributed by atoms with E-state index in [1.54, 1.807) is 14.2 Å². The van der Waals surface area contributed by atoms with Gasteiger partial charge in [-0.3, -0.25) is 9.79 Å². The molecule has 1 aliphatic rings. The van der Waals surface area contributed by atoms with E-state index in [-0.39, 0.29) is 18.4 Å². The van der Waals surface area contributed by atoms with Crippen LogP contribution in [0.3, 0.4) is 0 Å². The summed E-state index contributed by atoms with van der Waals surface area (Å²) in [5, 5.41) is 9.52. The Kier molecular flexibility index (Phi) is 7.17. The summed E-state index contributed by atoms with van der Waals surface area (Å²) in [5.41, 5.74) is 3.00. The lowest BCUT2D eigenvalue weighted by Gasteiger charge is -2.26. The normalized spacial score (nSPS) is 15.4. The van der Waals surface area contributed by atoms with Crippen molar-refractivity contribution in [2.75, 3.05) is 32.6 Å². The molecule has 3 N–H and O–H groups in total. The first-order chi connectivity index (χ1) is 14.6. The van der Waals surface area contributed by atoms with Gasteiger partial charge in [0.15, 0.2) is 17.5 Å². The van der Waals surface area contributed by atoms with E-state index in [2.05, 4.69) is 26.9 Å². The molecule has 30 heavy (non-hydrogen) atoms. The molecule has 1 unspecified atom stereocenters. The molecule has 7 nitrogen and oxygen atoms in total. The Hall–Kier alpha value is -3.66. The molecule has 2 aromatic rings. The molecule has 2 aromatic carbocycles. The van der Waals surface area contributed by atoms with Crippen LogP contribution in [0.1, 0.15) is 23.5 Å². The highest BCUT2D eigenvalue weighted by Crippen LogP contribution is 2.31. The van der Waals surface area contributed by atoms with E-state index in [1.807, 2.05) is 42.5 Å². The molecule has 0 radical (unpaired) electrons. The summed E-state index contributed by atoms with van der Waals surface area (Å²) < 4.78 is 10.9. The Morgan fingerprint density at radius 1 is 1.27 bits per heavy atom. The number of para-hydroxylation sites is 1. The molecule has 1 amide bonds. The summed E-state index contributed by atoms with van der Waals surface area (Å²) in [6.07, 6.45) is 5.72. The second-order valence-electron chi connectivity index (χ2n) is 6.82. The number of carbonyl (C=O) groups is 1. The number of methoxy groups -OCH3 is 1. The number of guanidine groups is 1. The zero-order valence-electron chi connectivity index (χ0n) is 17.2. The lowest BCUT2D eigenvalue weighted by Crippen LogP contribution is -2.40. The predicted octanol–water partition coefficient (Wildman–Crippen LogP) is 2.50. The maximum Gasteiger partial charge on any atom is 0.225 e. The fourth-order valence-corrected chi connectivity index (χ4v) is 3.37. The topological polar surface area (TPSA) is 84.0 Å². The van der Waals surface area contributed by atoms with Crippen LogP contribution in [0.4, 0.5) is 5.69 Å². The second kappa shape index (κ2) is 10.2. The molecule has 1 atom stereocenters. The Labute approximate surface area is 176 Å². The van der Waals surface area contributed by atoms with Crippen LogP contribution in [0.2, 0.25) is 0 Å². The summed E-state index contributed by atoms with van der Waals surface area (Å²) in [4.78, 5) is 16.3. The summed E-state index contributed by atoms with van der Waals surface area (Å²) in [6.45, 7) is 1.31. The maximum absolute atomic E-state index is 12.0. The van der Waals surface area contributed by atoms with E-state index in [9.17, 15) is 4.79 Å². The lowest BCUT2D eigenvalue weighted by atomic mass is 9.90. The Morgan fingerprint density at radius 3 is 2.87 bits per heavy atom. The van der Waals surface area contributed by atoms with Gasteiger partial charge in [-0.15, -0.1) is 6.42 Å². The van der Waals surface area contributed by atoms with E-state index < -0.39 is 0 Å². The second-order valence-corrected chi connectivity index (χ2v) is 6.82. The summed E-state index contributed by atoms with van der Waals surface area (Å²) >= 11 is 0.